The number of aliphatic hydroxyl groups is 1. The first-order valence-corrected chi connectivity index (χ1v) is 10.9. The molecule has 2 unspecified atom stereocenters. The van der Waals surface area contributed by atoms with Crippen LogP contribution in [0.25, 0.3) is 0 Å². The maximum Gasteiger partial charge on any atom is 0.290 e. The number of carbonyl (C=O) groups excluding carboxylic acids is 1. The minimum atomic E-state index is -2.55. The average molecular weight is 456 g/mol. The van der Waals surface area contributed by atoms with Gasteiger partial charge in [-0.1, -0.05) is 11.2 Å². The number of aromatic amines is 1. The normalized spacial score (nSPS) is 24.6. The van der Waals surface area contributed by atoms with Crippen molar-refractivity contribution in [3.8, 4) is 0 Å². The smallest absolute Gasteiger partial charge is 0.290 e. The zero-order valence-corrected chi connectivity index (χ0v) is 17.6. The van der Waals surface area contributed by atoms with Gasteiger partial charge in [0.2, 0.25) is 5.76 Å². The van der Waals surface area contributed by atoms with E-state index in [9.17, 15) is 18.7 Å². The molecule has 1 saturated carbocycles. The second-order valence-electron chi connectivity index (χ2n) is 8.92. The van der Waals surface area contributed by atoms with Crippen LogP contribution in [0.2, 0.25) is 0 Å². The van der Waals surface area contributed by atoms with Gasteiger partial charge in [0.1, 0.15) is 5.82 Å². The number of piperidine rings is 1. The first kappa shape index (κ1) is 20.3. The highest BCUT2D eigenvalue weighted by Crippen LogP contribution is 2.59. The van der Waals surface area contributed by atoms with Crippen molar-refractivity contribution in [2.75, 3.05) is 18.0 Å². The van der Waals surface area contributed by atoms with Gasteiger partial charge in [-0.3, -0.25) is 4.79 Å². The van der Waals surface area contributed by atoms with E-state index in [-0.39, 0.29) is 37.4 Å². The zero-order chi connectivity index (χ0) is 22.7. The van der Waals surface area contributed by atoms with Crippen LogP contribution in [0.4, 0.5) is 14.6 Å². The Morgan fingerprint density at radius 2 is 2.15 bits per heavy atom. The summed E-state index contributed by atoms with van der Waals surface area (Å²) in [6, 6.07) is 4.98. The maximum absolute atomic E-state index is 13.5. The number of halogens is 2. The van der Waals surface area contributed by atoms with Gasteiger partial charge in [0.05, 0.1) is 47.9 Å². The van der Waals surface area contributed by atoms with E-state index in [1.165, 1.54) is 0 Å². The quantitative estimate of drug-likeness (QED) is 0.519. The lowest BCUT2D eigenvalue weighted by molar-refractivity contribution is 0.0796. The molecule has 11 heteroatoms. The summed E-state index contributed by atoms with van der Waals surface area (Å²) < 4.78 is 32.2. The molecule has 6 rings (SSSR count). The highest BCUT2D eigenvalue weighted by molar-refractivity contribution is 5.91. The first-order valence-electron chi connectivity index (χ1n) is 10.9. The van der Waals surface area contributed by atoms with Crippen LogP contribution in [-0.2, 0) is 19.4 Å². The highest BCUT2D eigenvalue weighted by atomic mass is 19.3. The number of imidazole rings is 1. The highest BCUT2D eigenvalue weighted by Gasteiger charge is 2.71. The van der Waals surface area contributed by atoms with Gasteiger partial charge in [-0.25, -0.2) is 18.7 Å². The molecule has 0 radical (unpaired) electrons. The van der Waals surface area contributed by atoms with E-state index in [0.29, 0.717) is 23.6 Å². The maximum atomic E-state index is 13.5. The first-order chi connectivity index (χ1) is 15.9. The van der Waals surface area contributed by atoms with Crippen molar-refractivity contribution in [3.63, 3.8) is 0 Å². The van der Waals surface area contributed by atoms with E-state index >= 15 is 0 Å². The van der Waals surface area contributed by atoms with Crippen molar-refractivity contribution in [1.82, 2.24) is 25.4 Å². The molecule has 2 aliphatic carbocycles. The molecule has 3 aliphatic rings. The van der Waals surface area contributed by atoms with E-state index in [4.69, 9.17) is 4.52 Å². The number of rotatable bonds is 6. The van der Waals surface area contributed by atoms with Gasteiger partial charge in [0, 0.05) is 31.3 Å². The number of aliphatic hydroxyl groups excluding tert-OH is 1. The van der Waals surface area contributed by atoms with Crippen LogP contribution >= 0.6 is 0 Å². The number of fused-ring (bicyclic) bond motifs is 2. The third-order valence-electron chi connectivity index (χ3n) is 6.95. The number of hydrogen-bond donors (Lipinski definition) is 3. The molecule has 172 valence electrons. The fraction of sp³-hybridized carbons (Fsp3) is 0.455. The van der Waals surface area contributed by atoms with Gasteiger partial charge in [0.15, 0.2) is 0 Å². The number of aryl methyl sites for hydroxylation is 1. The third-order valence-corrected chi connectivity index (χ3v) is 6.95. The van der Waals surface area contributed by atoms with Gasteiger partial charge in [0.25, 0.3) is 11.8 Å². The van der Waals surface area contributed by atoms with Gasteiger partial charge < -0.3 is 24.8 Å². The Morgan fingerprint density at radius 1 is 1.33 bits per heavy atom. The summed E-state index contributed by atoms with van der Waals surface area (Å²) in [4.78, 5) is 26.3. The van der Waals surface area contributed by atoms with Crippen LogP contribution in [0.1, 0.15) is 51.4 Å². The topological polar surface area (TPSA) is 120 Å². The van der Waals surface area contributed by atoms with Crippen LogP contribution in [0.5, 0.6) is 0 Å². The molecule has 0 bridgehead atoms. The second kappa shape index (κ2) is 7.34. The largest absolute Gasteiger partial charge is 0.390 e. The van der Waals surface area contributed by atoms with E-state index in [1.807, 2.05) is 11.0 Å². The van der Waals surface area contributed by atoms with Crippen molar-refractivity contribution in [2.24, 2.45) is 11.8 Å². The Kier molecular flexibility index (Phi) is 4.51. The molecule has 1 amide bonds. The number of hydrogen-bond acceptors (Lipinski definition) is 7. The SMILES string of the molecule is O=C(N[C@@H]1CCc2[nH]cnc21)c1cc(Cc2ccc(N3CC4C(C3)C4(F)F)nc2CO)no1. The summed E-state index contributed by atoms with van der Waals surface area (Å²) in [7, 11) is 0. The number of nitrogens with one attached hydrogen (secondary N) is 2. The van der Waals surface area contributed by atoms with Crippen molar-refractivity contribution < 1.29 is 23.2 Å². The predicted octanol–water partition coefficient (Wildman–Crippen LogP) is 1.99. The predicted molar refractivity (Wildman–Crippen MR) is 111 cm³/mol. The lowest BCUT2D eigenvalue weighted by Gasteiger charge is -2.22. The lowest BCUT2D eigenvalue weighted by Crippen LogP contribution is -2.28. The number of H-pyrrole nitrogens is 1. The van der Waals surface area contributed by atoms with Crippen molar-refractivity contribution in [1.29, 1.82) is 0 Å². The molecule has 33 heavy (non-hydrogen) atoms. The molecular formula is C22H22F2N6O3. The lowest BCUT2D eigenvalue weighted by atomic mass is 10.1. The molecule has 3 N–H and O–H groups in total. The molecule has 0 spiro atoms. The minimum absolute atomic E-state index is 0.0985. The van der Waals surface area contributed by atoms with Crippen LogP contribution < -0.4 is 10.2 Å². The second-order valence-corrected chi connectivity index (χ2v) is 8.92. The zero-order valence-electron chi connectivity index (χ0n) is 17.6. The average Bonchev–Trinajstić information content (AvgIpc) is 3.46. The van der Waals surface area contributed by atoms with Gasteiger partial charge in [-0.15, -0.1) is 0 Å². The van der Waals surface area contributed by atoms with Gasteiger partial charge >= 0.3 is 0 Å². The summed E-state index contributed by atoms with van der Waals surface area (Å²) in [6.45, 7) is 0.258. The van der Waals surface area contributed by atoms with E-state index in [2.05, 4.69) is 25.4 Å². The van der Waals surface area contributed by atoms with E-state index < -0.39 is 17.8 Å². The molecule has 9 nitrogen and oxygen atoms in total. The van der Waals surface area contributed by atoms with E-state index in [1.54, 1.807) is 18.5 Å². The van der Waals surface area contributed by atoms with E-state index in [0.717, 1.165) is 29.8 Å². The van der Waals surface area contributed by atoms with Crippen LogP contribution in [-0.4, -0.2) is 50.1 Å². The van der Waals surface area contributed by atoms with Gasteiger partial charge in [-0.05, 0) is 24.5 Å². The Balaban J connectivity index is 1.12. The molecule has 4 heterocycles. The number of carbonyl (C=O) groups is 1. The molecule has 1 aliphatic heterocycles. The Labute approximate surface area is 187 Å². The van der Waals surface area contributed by atoms with Gasteiger partial charge in [-0.2, -0.15) is 0 Å². The molecule has 3 aromatic rings. The monoisotopic (exact) mass is 456 g/mol. The number of aromatic nitrogens is 4. The van der Waals surface area contributed by atoms with Crippen LogP contribution in [0.15, 0.2) is 29.0 Å². The molecule has 0 aromatic carbocycles. The summed E-state index contributed by atoms with van der Waals surface area (Å²) in [6.07, 6.45) is 3.54. The Hall–Kier alpha value is -3.34. The molecule has 3 aromatic heterocycles. The number of pyridine rings is 1. The number of nitrogens with zero attached hydrogens (tertiary/aromatic N) is 4. The standard InChI is InChI=1S/C22H22F2N6O3/c23-22(24)13-7-30(8-14(13)22)19-4-1-11(17(9-31)27-19)5-12-6-18(33-29-12)21(32)28-16-3-2-15-20(16)26-10-25-15/h1,4,6,10,13-14,16,31H,2-3,5,7-9H2,(H,25,26)(H,28,32)/t13?,14?,16-/m1/s1. The Bertz CT molecular complexity index is 1210. The summed E-state index contributed by atoms with van der Waals surface area (Å²) in [5.41, 5.74) is 3.59. The van der Waals surface area contributed by atoms with Crippen molar-refractivity contribution >= 4 is 11.7 Å². The summed E-state index contributed by atoms with van der Waals surface area (Å²) in [5.74, 6) is -3.43. The number of amides is 1. The van der Waals surface area contributed by atoms with Crippen LogP contribution in [0, 0.1) is 11.8 Å². The molecule has 2 fully saturated rings. The molecule has 3 atom stereocenters. The number of anilines is 1. The third kappa shape index (κ3) is 3.38. The number of alkyl halides is 2. The molecular weight excluding hydrogens is 434 g/mol. The molecule has 1 saturated heterocycles. The fourth-order valence-electron chi connectivity index (χ4n) is 5.01. The summed E-state index contributed by atoms with van der Waals surface area (Å²) in [5, 5.41) is 16.7. The van der Waals surface area contributed by atoms with Crippen LogP contribution in [0.3, 0.4) is 0 Å². The summed E-state index contributed by atoms with van der Waals surface area (Å²) >= 11 is 0. The van der Waals surface area contributed by atoms with Crippen molar-refractivity contribution in [2.45, 2.75) is 37.8 Å². The Morgan fingerprint density at radius 3 is 2.94 bits per heavy atom. The minimum Gasteiger partial charge on any atom is -0.390 e. The fourth-order valence-corrected chi connectivity index (χ4v) is 5.01. The van der Waals surface area contributed by atoms with Crippen molar-refractivity contribution in [3.05, 3.63) is 58.6 Å².